The molecule has 80 valence electrons. The summed E-state index contributed by atoms with van der Waals surface area (Å²) in [5.41, 5.74) is 0. The van der Waals surface area contributed by atoms with Gasteiger partial charge in [-0.3, -0.25) is 4.79 Å². The van der Waals surface area contributed by atoms with Crippen LogP contribution in [0, 0.1) is 11.8 Å². The van der Waals surface area contributed by atoms with Crippen LogP contribution >= 0.6 is 0 Å². The molecule has 0 radical (unpaired) electrons. The molecule has 2 rings (SSSR count). The lowest BCUT2D eigenvalue weighted by atomic mass is 9.78. The molecular formula is C12H20O2. The molecule has 2 heteroatoms. The molecule has 2 fully saturated rings. The van der Waals surface area contributed by atoms with Crippen LogP contribution in [0.15, 0.2) is 0 Å². The number of rotatable bonds is 2. The van der Waals surface area contributed by atoms with Crippen molar-refractivity contribution in [3.05, 3.63) is 0 Å². The van der Waals surface area contributed by atoms with E-state index in [-0.39, 0.29) is 0 Å². The van der Waals surface area contributed by atoms with E-state index in [2.05, 4.69) is 6.92 Å². The second-order valence-corrected chi connectivity index (χ2v) is 4.91. The van der Waals surface area contributed by atoms with Crippen LogP contribution in [0.2, 0.25) is 0 Å². The summed E-state index contributed by atoms with van der Waals surface area (Å²) in [6, 6.07) is 0. The molecule has 3 unspecified atom stereocenters. The molecule has 2 aliphatic rings. The Balaban J connectivity index is 1.85. The average Bonchev–Trinajstić information content (AvgIpc) is 2.64. The first-order chi connectivity index (χ1) is 6.75. The molecule has 0 aromatic heterocycles. The zero-order chi connectivity index (χ0) is 9.97. The summed E-state index contributed by atoms with van der Waals surface area (Å²) in [6.45, 7) is 3.16. The first-order valence-electron chi connectivity index (χ1n) is 5.90. The standard InChI is InChI=1S/C12H20O2/c1-9-4-5-12(13)10(7-9)8-11-3-2-6-14-11/h9-11H,2-8H2,1H3. The molecule has 0 N–H and O–H groups in total. The maximum Gasteiger partial charge on any atom is 0.136 e. The summed E-state index contributed by atoms with van der Waals surface area (Å²) in [6.07, 6.45) is 6.72. The number of carbonyl (C=O) groups excluding carboxylic acids is 1. The fourth-order valence-corrected chi connectivity index (χ4v) is 2.70. The third kappa shape index (κ3) is 2.35. The van der Waals surface area contributed by atoms with Gasteiger partial charge in [-0.05, 0) is 38.0 Å². The van der Waals surface area contributed by atoms with E-state index in [1.165, 1.54) is 6.42 Å². The van der Waals surface area contributed by atoms with Gasteiger partial charge in [0.2, 0.25) is 0 Å². The summed E-state index contributed by atoms with van der Waals surface area (Å²) in [7, 11) is 0. The number of hydrogen-bond acceptors (Lipinski definition) is 2. The number of carbonyl (C=O) groups is 1. The van der Waals surface area contributed by atoms with Gasteiger partial charge in [0.25, 0.3) is 0 Å². The third-order valence-electron chi connectivity index (χ3n) is 3.60. The molecule has 0 spiro atoms. The highest BCUT2D eigenvalue weighted by Gasteiger charge is 2.30. The fraction of sp³-hybridized carbons (Fsp3) is 0.917. The average molecular weight is 196 g/mol. The Kier molecular flexibility index (Phi) is 3.22. The minimum absolute atomic E-state index is 0.307. The highest BCUT2D eigenvalue weighted by Crippen LogP contribution is 2.31. The Morgan fingerprint density at radius 3 is 3.00 bits per heavy atom. The molecule has 1 aliphatic heterocycles. The van der Waals surface area contributed by atoms with Crippen LogP contribution in [0.5, 0.6) is 0 Å². The maximum absolute atomic E-state index is 11.7. The lowest BCUT2D eigenvalue weighted by Gasteiger charge is -2.27. The van der Waals surface area contributed by atoms with Crippen molar-refractivity contribution in [2.75, 3.05) is 6.61 Å². The van der Waals surface area contributed by atoms with Crippen molar-refractivity contribution in [3.8, 4) is 0 Å². The van der Waals surface area contributed by atoms with E-state index in [0.29, 0.717) is 17.8 Å². The van der Waals surface area contributed by atoms with Gasteiger partial charge in [-0.15, -0.1) is 0 Å². The minimum Gasteiger partial charge on any atom is -0.378 e. The Hall–Kier alpha value is -0.370. The van der Waals surface area contributed by atoms with E-state index >= 15 is 0 Å². The third-order valence-corrected chi connectivity index (χ3v) is 3.60. The first kappa shape index (κ1) is 10.2. The topological polar surface area (TPSA) is 26.3 Å². The van der Waals surface area contributed by atoms with Crippen molar-refractivity contribution in [1.29, 1.82) is 0 Å². The van der Waals surface area contributed by atoms with Crippen molar-refractivity contribution < 1.29 is 9.53 Å². The van der Waals surface area contributed by atoms with Crippen LogP contribution < -0.4 is 0 Å². The molecule has 1 saturated heterocycles. The van der Waals surface area contributed by atoms with Gasteiger partial charge in [-0.2, -0.15) is 0 Å². The molecule has 1 saturated carbocycles. The first-order valence-corrected chi connectivity index (χ1v) is 5.90. The lowest BCUT2D eigenvalue weighted by Crippen LogP contribution is -2.27. The van der Waals surface area contributed by atoms with E-state index < -0.39 is 0 Å². The normalized spacial score (nSPS) is 38.9. The molecule has 0 aromatic carbocycles. The summed E-state index contributed by atoms with van der Waals surface area (Å²) in [4.78, 5) is 11.7. The highest BCUT2D eigenvalue weighted by atomic mass is 16.5. The maximum atomic E-state index is 11.7. The highest BCUT2D eigenvalue weighted by molar-refractivity contribution is 5.81. The summed E-state index contributed by atoms with van der Waals surface area (Å²) >= 11 is 0. The van der Waals surface area contributed by atoms with Crippen LogP contribution in [-0.2, 0) is 9.53 Å². The van der Waals surface area contributed by atoms with E-state index in [4.69, 9.17) is 4.74 Å². The van der Waals surface area contributed by atoms with Crippen molar-refractivity contribution in [2.45, 2.75) is 51.6 Å². The van der Waals surface area contributed by atoms with E-state index in [9.17, 15) is 4.79 Å². The largest absolute Gasteiger partial charge is 0.378 e. The van der Waals surface area contributed by atoms with Crippen molar-refractivity contribution in [2.24, 2.45) is 11.8 Å². The van der Waals surface area contributed by atoms with Crippen LogP contribution in [0.1, 0.15) is 45.4 Å². The van der Waals surface area contributed by atoms with Gasteiger partial charge >= 0.3 is 0 Å². The van der Waals surface area contributed by atoms with Crippen molar-refractivity contribution >= 4 is 5.78 Å². The molecule has 14 heavy (non-hydrogen) atoms. The molecule has 0 bridgehead atoms. The Morgan fingerprint density at radius 2 is 2.29 bits per heavy atom. The second kappa shape index (κ2) is 4.43. The van der Waals surface area contributed by atoms with E-state index in [0.717, 1.165) is 44.6 Å². The zero-order valence-electron chi connectivity index (χ0n) is 9.00. The smallest absolute Gasteiger partial charge is 0.136 e. The van der Waals surface area contributed by atoms with E-state index in [1.54, 1.807) is 0 Å². The van der Waals surface area contributed by atoms with Gasteiger partial charge in [0.05, 0.1) is 6.10 Å². The summed E-state index contributed by atoms with van der Waals surface area (Å²) in [5.74, 6) is 1.53. The Bertz CT molecular complexity index is 206. The number of ketones is 1. The zero-order valence-corrected chi connectivity index (χ0v) is 9.00. The molecule has 0 amide bonds. The molecule has 2 nitrogen and oxygen atoms in total. The Morgan fingerprint density at radius 1 is 1.43 bits per heavy atom. The van der Waals surface area contributed by atoms with Gasteiger partial charge in [0.15, 0.2) is 0 Å². The Labute approximate surface area is 86.0 Å². The molecule has 3 atom stereocenters. The van der Waals surface area contributed by atoms with Crippen molar-refractivity contribution in [1.82, 2.24) is 0 Å². The quantitative estimate of drug-likeness (QED) is 0.678. The van der Waals surface area contributed by atoms with Gasteiger partial charge in [0, 0.05) is 18.9 Å². The van der Waals surface area contributed by atoms with Crippen molar-refractivity contribution in [3.63, 3.8) is 0 Å². The van der Waals surface area contributed by atoms with Crippen LogP contribution in [0.3, 0.4) is 0 Å². The second-order valence-electron chi connectivity index (χ2n) is 4.91. The molecular weight excluding hydrogens is 176 g/mol. The van der Waals surface area contributed by atoms with Crippen LogP contribution in [-0.4, -0.2) is 18.5 Å². The molecule has 0 aromatic rings. The van der Waals surface area contributed by atoms with Gasteiger partial charge in [-0.25, -0.2) is 0 Å². The monoisotopic (exact) mass is 196 g/mol. The lowest BCUT2D eigenvalue weighted by molar-refractivity contribution is -0.126. The summed E-state index contributed by atoms with van der Waals surface area (Å²) in [5, 5.41) is 0. The molecule has 1 aliphatic carbocycles. The predicted octanol–water partition coefficient (Wildman–Crippen LogP) is 2.56. The number of Topliss-reactive ketones (excluding diaryl/α,β-unsaturated/α-hetero) is 1. The van der Waals surface area contributed by atoms with Gasteiger partial charge in [-0.1, -0.05) is 6.92 Å². The minimum atomic E-state index is 0.307. The molecule has 1 heterocycles. The number of hydrogen-bond donors (Lipinski definition) is 0. The van der Waals surface area contributed by atoms with Crippen LogP contribution in [0.25, 0.3) is 0 Å². The summed E-state index contributed by atoms with van der Waals surface area (Å²) < 4.78 is 5.59. The van der Waals surface area contributed by atoms with Gasteiger partial charge in [0.1, 0.15) is 5.78 Å². The van der Waals surface area contributed by atoms with E-state index in [1.807, 2.05) is 0 Å². The fourth-order valence-electron chi connectivity index (χ4n) is 2.70. The van der Waals surface area contributed by atoms with Crippen LogP contribution in [0.4, 0.5) is 0 Å². The SMILES string of the molecule is CC1CCC(=O)C(CC2CCCO2)C1. The van der Waals surface area contributed by atoms with Gasteiger partial charge < -0.3 is 4.74 Å². The predicted molar refractivity (Wildman–Crippen MR) is 55.1 cm³/mol. The number of ether oxygens (including phenoxy) is 1.